The molecular formula is C13H12N4OS2. The predicted octanol–water partition coefficient (Wildman–Crippen LogP) is 3.38. The highest BCUT2D eigenvalue weighted by molar-refractivity contribution is 7.98. The fourth-order valence-corrected chi connectivity index (χ4v) is 3.10. The average Bonchev–Trinajstić information content (AvgIpc) is 3.06. The lowest BCUT2D eigenvalue weighted by molar-refractivity contribution is 0.575. The first-order chi connectivity index (χ1) is 9.70. The second-order valence-corrected chi connectivity index (χ2v) is 6.02. The van der Waals surface area contributed by atoms with Crippen LogP contribution in [0.3, 0.4) is 0 Å². The number of thioether (sulfide) groups is 1. The fraction of sp³-hybridized carbons (Fsp3) is 0.154. The molecule has 0 spiro atoms. The first-order valence-electron chi connectivity index (χ1n) is 5.93. The van der Waals surface area contributed by atoms with Crippen LogP contribution in [0.1, 0.15) is 11.4 Å². The molecular weight excluding hydrogens is 292 g/mol. The van der Waals surface area contributed by atoms with Gasteiger partial charge in [0.15, 0.2) is 5.16 Å². The van der Waals surface area contributed by atoms with Crippen molar-refractivity contribution in [2.45, 2.75) is 17.8 Å². The molecule has 3 rings (SSSR count). The summed E-state index contributed by atoms with van der Waals surface area (Å²) in [6.45, 7) is 1.90. The van der Waals surface area contributed by atoms with E-state index in [0.717, 1.165) is 16.3 Å². The van der Waals surface area contributed by atoms with Crippen molar-refractivity contribution in [3.63, 3.8) is 0 Å². The number of nitrogen functional groups attached to an aromatic ring is 1. The normalized spacial score (nSPS) is 10.8. The van der Waals surface area contributed by atoms with Crippen LogP contribution in [-0.4, -0.2) is 15.0 Å². The van der Waals surface area contributed by atoms with Gasteiger partial charge in [-0.15, -0.1) is 11.3 Å². The van der Waals surface area contributed by atoms with Gasteiger partial charge in [-0.25, -0.2) is 15.0 Å². The second-order valence-electron chi connectivity index (χ2n) is 4.13. The summed E-state index contributed by atoms with van der Waals surface area (Å²) in [4.78, 5) is 14.0. The van der Waals surface area contributed by atoms with Gasteiger partial charge in [0.2, 0.25) is 5.89 Å². The van der Waals surface area contributed by atoms with Gasteiger partial charge in [-0.3, -0.25) is 0 Å². The Morgan fingerprint density at radius 3 is 3.00 bits per heavy atom. The van der Waals surface area contributed by atoms with Gasteiger partial charge in [0, 0.05) is 17.5 Å². The molecule has 0 saturated carbocycles. The lowest BCUT2D eigenvalue weighted by Gasteiger charge is -2.00. The van der Waals surface area contributed by atoms with Crippen LogP contribution in [0, 0.1) is 6.92 Å². The summed E-state index contributed by atoms with van der Waals surface area (Å²) in [6, 6.07) is 5.70. The molecule has 0 aliphatic rings. The molecule has 0 saturated heterocycles. The second kappa shape index (κ2) is 5.64. The Hall–Kier alpha value is -1.86. The molecule has 0 aliphatic carbocycles. The van der Waals surface area contributed by atoms with Crippen LogP contribution in [0.4, 0.5) is 5.82 Å². The number of thiophene rings is 1. The summed E-state index contributed by atoms with van der Waals surface area (Å²) in [5, 5.41) is 2.65. The quantitative estimate of drug-likeness (QED) is 0.588. The molecule has 0 fully saturated rings. The maximum absolute atomic E-state index is 5.70. The Balaban J connectivity index is 1.69. The Kier molecular flexibility index (Phi) is 3.70. The van der Waals surface area contributed by atoms with E-state index >= 15 is 0 Å². The molecule has 7 heteroatoms. The zero-order valence-corrected chi connectivity index (χ0v) is 12.4. The molecule has 0 radical (unpaired) electrons. The van der Waals surface area contributed by atoms with E-state index < -0.39 is 0 Å². The molecule has 0 bridgehead atoms. The van der Waals surface area contributed by atoms with Crippen LogP contribution >= 0.6 is 23.1 Å². The minimum absolute atomic E-state index is 0.486. The highest BCUT2D eigenvalue weighted by Gasteiger charge is 2.09. The van der Waals surface area contributed by atoms with Crippen molar-refractivity contribution in [1.29, 1.82) is 0 Å². The predicted molar refractivity (Wildman–Crippen MR) is 80.6 cm³/mol. The summed E-state index contributed by atoms with van der Waals surface area (Å²) < 4.78 is 5.47. The van der Waals surface area contributed by atoms with Gasteiger partial charge in [-0.1, -0.05) is 17.8 Å². The maximum Gasteiger partial charge on any atom is 0.236 e. The van der Waals surface area contributed by atoms with Gasteiger partial charge in [0.05, 0.1) is 10.6 Å². The number of nitrogens with zero attached hydrogens (tertiary/aromatic N) is 3. The minimum atomic E-state index is 0.486. The zero-order valence-electron chi connectivity index (χ0n) is 10.7. The molecule has 5 nitrogen and oxygen atoms in total. The van der Waals surface area contributed by atoms with Gasteiger partial charge in [-0.2, -0.15) is 0 Å². The SMILES string of the molecule is Cc1cc(N)nc(SCc2coc(-c3cccs3)n2)n1. The van der Waals surface area contributed by atoms with Crippen LogP contribution in [-0.2, 0) is 5.75 Å². The molecule has 3 aromatic rings. The molecule has 20 heavy (non-hydrogen) atoms. The van der Waals surface area contributed by atoms with E-state index in [1.807, 2.05) is 24.4 Å². The van der Waals surface area contributed by atoms with Crippen LogP contribution in [0.5, 0.6) is 0 Å². The fourth-order valence-electron chi connectivity index (χ4n) is 1.65. The number of anilines is 1. The zero-order chi connectivity index (χ0) is 13.9. The van der Waals surface area contributed by atoms with E-state index in [4.69, 9.17) is 10.2 Å². The Labute approximate surface area is 124 Å². The third kappa shape index (κ3) is 3.00. The first kappa shape index (κ1) is 13.1. The molecule has 102 valence electrons. The molecule has 3 aromatic heterocycles. The van der Waals surface area contributed by atoms with E-state index in [1.165, 1.54) is 11.8 Å². The number of hydrogen-bond acceptors (Lipinski definition) is 7. The van der Waals surface area contributed by atoms with E-state index in [2.05, 4.69) is 15.0 Å². The number of oxazole rings is 1. The van der Waals surface area contributed by atoms with Gasteiger partial charge >= 0.3 is 0 Å². The summed E-state index contributed by atoms with van der Waals surface area (Å²) in [5.41, 5.74) is 7.42. The van der Waals surface area contributed by atoms with E-state index in [1.54, 1.807) is 23.7 Å². The van der Waals surface area contributed by atoms with Crippen molar-refractivity contribution in [2.24, 2.45) is 0 Å². The van der Waals surface area contributed by atoms with Crippen molar-refractivity contribution in [2.75, 3.05) is 5.73 Å². The summed E-state index contributed by atoms with van der Waals surface area (Å²) in [7, 11) is 0. The Bertz CT molecular complexity index is 689. The largest absolute Gasteiger partial charge is 0.444 e. The van der Waals surface area contributed by atoms with Gasteiger partial charge < -0.3 is 10.2 Å². The molecule has 0 unspecified atom stereocenters. The van der Waals surface area contributed by atoms with Crippen LogP contribution < -0.4 is 5.73 Å². The maximum atomic E-state index is 5.70. The highest BCUT2D eigenvalue weighted by Crippen LogP contribution is 2.26. The highest BCUT2D eigenvalue weighted by atomic mass is 32.2. The van der Waals surface area contributed by atoms with E-state index in [0.29, 0.717) is 22.6 Å². The molecule has 3 heterocycles. The lowest BCUT2D eigenvalue weighted by atomic mass is 10.4. The summed E-state index contributed by atoms with van der Waals surface area (Å²) in [6.07, 6.45) is 1.67. The first-order valence-corrected chi connectivity index (χ1v) is 7.79. The number of aryl methyl sites for hydroxylation is 1. The Morgan fingerprint density at radius 1 is 1.35 bits per heavy atom. The van der Waals surface area contributed by atoms with Crippen molar-refractivity contribution >= 4 is 28.9 Å². The van der Waals surface area contributed by atoms with E-state index in [9.17, 15) is 0 Å². The third-order valence-electron chi connectivity index (χ3n) is 2.49. The van der Waals surface area contributed by atoms with Crippen LogP contribution in [0.2, 0.25) is 0 Å². The topological polar surface area (TPSA) is 77.8 Å². The lowest BCUT2D eigenvalue weighted by Crippen LogP contribution is -1.96. The molecule has 0 aliphatic heterocycles. The molecule has 0 atom stereocenters. The molecule has 0 aromatic carbocycles. The summed E-state index contributed by atoms with van der Waals surface area (Å²) in [5.74, 6) is 1.79. The van der Waals surface area contributed by atoms with E-state index in [-0.39, 0.29) is 0 Å². The van der Waals surface area contributed by atoms with Gasteiger partial charge in [0.25, 0.3) is 0 Å². The van der Waals surface area contributed by atoms with Crippen LogP contribution in [0.15, 0.2) is 39.4 Å². The van der Waals surface area contributed by atoms with Crippen LogP contribution in [0.25, 0.3) is 10.8 Å². The van der Waals surface area contributed by atoms with Gasteiger partial charge in [-0.05, 0) is 18.4 Å². The standard InChI is InChI=1S/C13H12N4OS2/c1-8-5-11(14)17-13(15-8)20-7-9-6-18-12(16-9)10-3-2-4-19-10/h2-6H,7H2,1H3,(H2,14,15,17). The van der Waals surface area contributed by atoms with Gasteiger partial charge in [0.1, 0.15) is 12.1 Å². The third-order valence-corrected chi connectivity index (χ3v) is 4.23. The number of aromatic nitrogens is 3. The molecule has 2 N–H and O–H groups in total. The number of rotatable bonds is 4. The number of hydrogen-bond donors (Lipinski definition) is 1. The monoisotopic (exact) mass is 304 g/mol. The van der Waals surface area contributed by atoms with Crippen molar-refractivity contribution in [3.8, 4) is 10.8 Å². The molecule has 0 amide bonds. The smallest absolute Gasteiger partial charge is 0.236 e. The number of nitrogens with two attached hydrogens (primary N) is 1. The van der Waals surface area contributed by atoms with Crippen molar-refractivity contribution in [1.82, 2.24) is 15.0 Å². The van der Waals surface area contributed by atoms with Crippen molar-refractivity contribution < 1.29 is 4.42 Å². The average molecular weight is 304 g/mol. The summed E-state index contributed by atoms with van der Waals surface area (Å²) >= 11 is 3.09. The van der Waals surface area contributed by atoms with Crippen molar-refractivity contribution in [3.05, 3.63) is 41.2 Å². The minimum Gasteiger partial charge on any atom is -0.444 e. The Morgan fingerprint density at radius 2 is 2.25 bits per heavy atom.